The van der Waals surface area contributed by atoms with E-state index in [4.69, 9.17) is 8.76 Å². The molecule has 0 aromatic rings. The molecule has 0 rings (SSSR count). The van der Waals surface area contributed by atoms with Crippen molar-refractivity contribution in [3.05, 3.63) is 0 Å². The predicted molar refractivity (Wildman–Crippen MR) is 15.8 cm³/mol. The summed E-state index contributed by atoms with van der Waals surface area (Å²) in [5, 5.41) is 0. The molecule has 1 atom stereocenters. The fourth-order valence-corrected chi connectivity index (χ4v) is 0. The molecule has 0 aliphatic carbocycles. The number of halogens is 1. The van der Waals surface area contributed by atoms with Crippen molar-refractivity contribution in [2.75, 3.05) is 0 Å². The molecule has 2 nitrogen and oxygen atoms in total. The van der Waals surface area contributed by atoms with Crippen molar-refractivity contribution in [1.82, 2.24) is 0 Å². The van der Waals surface area contributed by atoms with Gasteiger partial charge in [-0.1, -0.05) is 10.9 Å². The Morgan fingerprint density at radius 3 is 2.20 bits per heavy atom. The highest BCUT2D eigenvalue weighted by atomic mass is 32.2. The van der Waals surface area contributed by atoms with Gasteiger partial charge in [0.15, 0.2) is 0 Å². The van der Waals surface area contributed by atoms with E-state index >= 15 is 0 Å². The van der Waals surface area contributed by atoms with Gasteiger partial charge in [-0.3, -0.25) is 4.21 Å². The standard InChI is InChI=1S/BFHO2S/c2-1-5(3)4/h(H,3,4)/p-1. The minimum absolute atomic E-state index is 0.417. The van der Waals surface area contributed by atoms with Crippen LogP contribution in [0.3, 0.4) is 0 Å². The molecule has 5 heteroatoms. The monoisotopic (exact) mass is 94.0 g/mol. The molecule has 0 N–H and O–H groups in total. The van der Waals surface area contributed by atoms with Crippen LogP contribution in [0.5, 0.6) is 0 Å². The van der Waals surface area contributed by atoms with Crippen LogP contribution in [0.4, 0.5) is 4.32 Å². The maximum Gasteiger partial charge on any atom is 0.448 e. The summed E-state index contributed by atoms with van der Waals surface area (Å²) in [6, 6.07) is 0. The minimum atomic E-state index is -2.61. The summed E-state index contributed by atoms with van der Waals surface area (Å²) in [5.41, 5.74) is 0. The topological polar surface area (TPSA) is 40.1 Å². The molecule has 0 bridgehead atoms. The molecule has 0 saturated heterocycles. The van der Waals surface area contributed by atoms with Gasteiger partial charge >= 0.3 is 6.84 Å². The summed E-state index contributed by atoms with van der Waals surface area (Å²) in [4.78, 5) is 0. The van der Waals surface area contributed by atoms with Crippen molar-refractivity contribution in [2.45, 2.75) is 0 Å². The average molecular weight is 93.9 g/mol. The fourth-order valence-electron chi connectivity index (χ4n) is 0. The largest absolute Gasteiger partial charge is 0.779 e. The van der Waals surface area contributed by atoms with Crippen LogP contribution < -0.4 is 0 Å². The van der Waals surface area contributed by atoms with Gasteiger partial charge in [-0.05, 0) is 0 Å². The van der Waals surface area contributed by atoms with Crippen LogP contribution in [0, 0.1) is 0 Å². The van der Waals surface area contributed by atoms with Gasteiger partial charge in [-0.25, -0.2) is 0 Å². The molecule has 0 saturated carbocycles. The molecule has 1 unspecified atom stereocenters. The van der Waals surface area contributed by atoms with E-state index in [-0.39, 0.29) is 0 Å². The summed E-state index contributed by atoms with van der Waals surface area (Å²) >= 11 is 0. The van der Waals surface area contributed by atoms with Gasteiger partial charge in [0.2, 0.25) is 0 Å². The maximum atomic E-state index is 10.4. The second-order valence-corrected chi connectivity index (χ2v) is 1.05. The molecule has 29 valence electrons. The highest BCUT2D eigenvalue weighted by Gasteiger charge is 1.77. The zero-order valence-corrected chi connectivity index (χ0v) is 3.00. The van der Waals surface area contributed by atoms with Crippen molar-refractivity contribution >= 4 is 17.8 Å². The Morgan fingerprint density at radius 1 is 2.00 bits per heavy atom. The zero-order chi connectivity index (χ0) is 4.28. The molecular weight excluding hydrogens is 93.9 g/mol. The third-order valence-corrected chi connectivity index (χ3v) is 0.218. The van der Waals surface area contributed by atoms with E-state index in [9.17, 15) is 4.32 Å². The van der Waals surface area contributed by atoms with Crippen LogP contribution in [0.2, 0.25) is 0 Å². The van der Waals surface area contributed by atoms with Crippen LogP contribution in [0.15, 0.2) is 0 Å². The van der Waals surface area contributed by atoms with Gasteiger partial charge in [0.1, 0.15) is 0 Å². The molecule has 1 radical (unpaired) electrons. The Morgan fingerprint density at radius 2 is 2.20 bits per heavy atom. The first kappa shape index (κ1) is 5.10. The van der Waals surface area contributed by atoms with Crippen molar-refractivity contribution in [2.24, 2.45) is 0 Å². The van der Waals surface area contributed by atoms with E-state index in [1.54, 1.807) is 0 Å². The van der Waals surface area contributed by atoms with Crippen molar-refractivity contribution in [3.8, 4) is 0 Å². The molecule has 0 aromatic heterocycles. The highest BCUT2D eigenvalue weighted by molar-refractivity contribution is 8.04. The van der Waals surface area contributed by atoms with Crippen molar-refractivity contribution < 1.29 is 13.1 Å². The Kier molecular flexibility index (Phi) is 2.40. The smallest absolute Gasteiger partial charge is 0.448 e. The molecule has 0 spiro atoms. The van der Waals surface area contributed by atoms with Crippen molar-refractivity contribution in [1.29, 1.82) is 0 Å². The van der Waals surface area contributed by atoms with Crippen LogP contribution in [-0.4, -0.2) is 15.6 Å². The summed E-state index contributed by atoms with van der Waals surface area (Å²) in [6.45, 7) is -0.417. The first-order chi connectivity index (χ1) is 2.27. The quantitative estimate of drug-likeness (QED) is 0.320. The molecule has 5 heavy (non-hydrogen) atoms. The third kappa shape index (κ3) is 4.10. The Bertz CT molecular complexity index is 44.9. The van der Waals surface area contributed by atoms with E-state index in [2.05, 4.69) is 0 Å². The van der Waals surface area contributed by atoms with Crippen molar-refractivity contribution in [3.63, 3.8) is 0 Å². The van der Waals surface area contributed by atoms with Gasteiger partial charge in [0, 0.05) is 0 Å². The number of hydrogen-bond acceptors (Lipinski definition) is 2. The lowest BCUT2D eigenvalue weighted by Crippen LogP contribution is -1.89. The van der Waals surface area contributed by atoms with Gasteiger partial charge < -0.3 is 8.87 Å². The Balaban J connectivity index is 2.85. The second kappa shape index (κ2) is 2.35. The van der Waals surface area contributed by atoms with Gasteiger partial charge in [0.05, 0.1) is 0 Å². The van der Waals surface area contributed by atoms with Crippen LogP contribution in [0.25, 0.3) is 0 Å². The lowest BCUT2D eigenvalue weighted by atomic mass is 10.6. The van der Waals surface area contributed by atoms with Crippen LogP contribution in [0.1, 0.15) is 0 Å². The molecule has 0 aliphatic rings. The van der Waals surface area contributed by atoms with E-state index in [0.717, 1.165) is 0 Å². The van der Waals surface area contributed by atoms with E-state index in [0.29, 0.717) is 0 Å². The summed E-state index contributed by atoms with van der Waals surface area (Å²) in [7, 11) is -2.61. The third-order valence-electron chi connectivity index (χ3n) is 0.0727. The average Bonchev–Trinajstić information content (AvgIpc) is 1.38. The number of rotatable bonds is 1. The number of hydrogen-bond donors (Lipinski definition) is 0. The summed E-state index contributed by atoms with van der Waals surface area (Å²) in [5.74, 6) is 0. The van der Waals surface area contributed by atoms with E-state index < -0.39 is 17.8 Å². The molecule has 0 aromatic carbocycles. The molecule has 0 aliphatic heterocycles. The van der Waals surface area contributed by atoms with Gasteiger partial charge in [0.25, 0.3) is 0 Å². The van der Waals surface area contributed by atoms with E-state index in [1.807, 2.05) is 0 Å². The Labute approximate surface area is 31.9 Å². The lowest BCUT2D eigenvalue weighted by molar-refractivity contribution is 0.548. The molecule has 0 fully saturated rings. The zero-order valence-electron chi connectivity index (χ0n) is 2.18. The lowest BCUT2D eigenvalue weighted by Gasteiger charge is -1.88. The van der Waals surface area contributed by atoms with Gasteiger partial charge in [-0.2, -0.15) is 0 Å². The second-order valence-electron chi connectivity index (χ2n) is 0.350. The summed E-state index contributed by atoms with van der Waals surface area (Å²) < 4.78 is 28.3. The Hall–Kier alpha value is 0.105. The SMILES string of the molecule is O=S([O-])[B]F. The van der Waals surface area contributed by atoms with Crippen LogP contribution in [-0.2, 0) is 10.9 Å². The maximum absolute atomic E-state index is 10.4. The predicted octanol–water partition coefficient (Wildman–Crippen LogP) is -0.631. The fraction of sp³-hybridized carbons (Fsp3) is 0. The first-order valence-corrected chi connectivity index (χ1v) is 1.93. The minimum Gasteiger partial charge on any atom is -0.779 e. The normalized spacial score (nSPS) is 14.0. The first-order valence-electron chi connectivity index (χ1n) is 0.787. The highest BCUT2D eigenvalue weighted by Crippen LogP contribution is 1.62. The molecule has 0 amide bonds. The molecule has 0 heterocycles. The van der Waals surface area contributed by atoms with Gasteiger partial charge in [-0.15, -0.1) is 0 Å². The molecular formula is BFO2S-. The van der Waals surface area contributed by atoms with Crippen LogP contribution >= 0.6 is 0 Å². The summed E-state index contributed by atoms with van der Waals surface area (Å²) in [6.07, 6.45) is 0. The van der Waals surface area contributed by atoms with E-state index in [1.165, 1.54) is 0 Å².